The zero-order valence-corrected chi connectivity index (χ0v) is 10.9. The van der Waals surface area contributed by atoms with E-state index in [4.69, 9.17) is 16.5 Å². The van der Waals surface area contributed by atoms with E-state index in [2.05, 4.69) is 0 Å². The molecule has 2 rings (SSSR count). The first-order chi connectivity index (χ1) is 7.83. The molecule has 1 aliphatic heterocycles. The van der Waals surface area contributed by atoms with Crippen LogP contribution in [0.3, 0.4) is 0 Å². The Labute approximate surface area is 106 Å². The summed E-state index contributed by atoms with van der Waals surface area (Å²) in [5, 5.41) is 0. The number of carbonyl (C=O) groups excluding carboxylic acids is 1. The molecule has 17 heavy (non-hydrogen) atoms. The van der Waals surface area contributed by atoms with Crippen molar-refractivity contribution in [1.29, 1.82) is 0 Å². The van der Waals surface area contributed by atoms with Gasteiger partial charge in [0.25, 0.3) is 0 Å². The van der Waals surface area contributed by atoms with Gasteiger partial charge in [-0.15, -0.1) is 0 Å². The molecule has 1 heterocycles. The molecule has 1 aromatic carbocycles. The van der Waals surface area contributed by atoms with Crippen LogP contribution in [-0.4, -0.2) is 11.7 Å². The van der Waals surface area contributed by atoms with Crippen LogP contribution in [-0.2, 0) is 4.74 Å². The Hall–Kier alpha value is -1.32. The second-order valence-corrected chi connectivity index (χ2v) is 5.52. The van der Waals surface area contributed by atoms with Crippen molar-refractivity contribution in [2.24, 2.45) is 0 Å². The van der Waals surface area contributed by atoms with Crippen molar-refractivity contribution in [2.45, 2.75) is 26.4 Å². The van der Waals surface area contributed by atoms with E-state index >= 15 is 0 Å². The van der Waals surface area contributed by atoms with Gasteiger partial charge in [0.05, 0.1) is 0 Å². The van der Waals surface area contributed by atoms with Gasteiger partial charge in [-0.1, -0.05) is 16.1 Å². The standard InChI is InChI=1S/C13H15ClNO2/c1-13(2,3)17-12(16)15(14)9-8-10-6-4-5-7-11(10)15/h4-9H,1-3H3/q+1. The lowest BCUT2D eigenvalue weighted by atomic mass is 10.2. The summed E-state index contributed by atoms with van der Waals surface area (Å²) < 4.78 is 4.88. The molecule has 0 aliphatic carbocycles. The van der Waals surface area contributed by atoms with Crippen LogP contribution in [0.4, 0.5) is 10.5 Å². The second kappa shape index (κ2) is 3.86. The number of carbonyl (C=O) groups is 1. The Morgan fingerprint density at radius 3 is 2.59 bits per heavy atom. The number of hydrogen-bond acceptors (Lipinski definition) is 2. The third-order valence-electron chi connectivity index (χ3n) is 2.41. The number of rotatable bonds is 0. The number of amides is 1. The van der Waals surface area contributed by atoms with Gasteiger partial charge >= 0.3 is 6.09 Å². The molecule has 0 saturated heterocycles. The summed E-state index contributed by atoms with van der Waals surface area (Å²) in [6, 6.07) is 7.50. The van der Waals surface area contributed by atoms with Crippen molar-refractivity contribution >= 4 is 29.6 Å². The number of para-hydroxylation sites is 1. The van der Waals surface area contributed by atoms with E-state index in [9.17, 15) is 4.79 Å². The molecule has 1 amide bonds. The highest BCUT2D eigenvalue weighted by Gasteiger charge is 2.45. The number of fused-ring (bicyclic) bond motifs is 1. The fourth-order valence-electron chi connectivity index (χ4n) is 1.68. The van der Waals surface area contributed by atoms with E-state index in [0.29, 0.717) is 0 Å². The Balaban J connectivity index is 2.34. The summed E-state index contributed by atoms with van der Waals surface area (Å²) in [6.07, 6.45) is 2.97. The van der Waals surface area contributed by atoms with Crippen molar-refractivity contribution in [1.82, 2.24) is 4.00 Å². The third-order valence-corrected chi connectivity index (χ3v) is 2.84. The predicted molar refractivity (Wildman–Crippen MR) is 69.4 cm³/mol. The van der Waals surface area contributed by atoms with Gasteiger partial charge in [-0.3, -0.25) is 0 Å². The minimum Gasteiger partial charge on any atom is -0.413 e. The maximum Gasteiger partial charge on any atom is 0.545 e. The van der Waals surface area contributed by atoms with Crippen molar-refractivity contribution in [2.75, 3.05) is 0 Å². The van der Waals surface area contributed by atoms with Crippen LogP contribution in [0.2, 0.25) is 0 Å². The van der Waals surface area contributed by atoms with E-state index < -0.39 is 15.7 Å². The van der Waals surface area contributed by atoms with Gasteiger partial charge < -0.3 is 4.74 Å². The average molecular weight is 253 g/mol. The van der Waals surface area contributed by atoms with E-state index in [1.165, 1.54) is 0 Å². The number of nitrogens with zero attached hydrogens (tertiary/aromatic N) is 1. The van der Waals surface area contributed by atoms with Crippen molar-refractivity contribution in [3.05, 3.63) is 36.0 Å². The van der Waals surface area contributed by atoms with Crippen LogP contribution >= 0.6 is 11.8 Å². The summed E-state index contributed by atoms with van der Waals surface area (Å²) in [5.74, 6) is 0. The zero-order valence-electron chi connectivity index (χ0n) is 10.1. The highest BCUT2D eigenvalue weighted by molar-refractivity contribution is 6.32. The largest absolute Gasteiger partial charge is 0.545 e. The van der Waals surface area contributed by atoms with Gasteiger partial charge in [0.1, 0.15) is 11.8 Å². The maximum atomic E-state index is 12.1. The molecule has 90 valence electrons. The number of benzene rings is 1. The van der Waals surface area contributed by atoms with Gasteiger partial charge in [-0.25, -0.2) is 0 Å². The molecule has 3 nitrogen and oxygen atoms in total. The van der Waals surface area contributed by atoms with Crippen LogP contribution in [0.15, 0.2) is 30.5 Å². The SMILES string of the molecule is CC(C)(C)OC(=O)[N+]1(Cl)C=Cc2ccccc21. The number of ether oxygens (including phenoxy) is 1. The molecule has 0 saturated carbocycles. The highest BCUT2D eigenvalue weighted by atomic mass is 35.5. The fourth-order valence-corrected chi connectivity index (χ4v) is 1.92. The topological polar surface area (TPSA) is 26.3 Å². The van der Waals surface area contributed by atoms with Gasteiger partial charge in [-0.05, 0) is 26.8 Å². The normalized spacial score (nSPS) is 22.4. The summed E-state index contributed by atoms with van der Waals surface area (Å²) in [4.78, 5) is 12.1. The molecule has 0 spiro atoms. The molecule has 0 radical (unpaired) electrons. The molecular formula is C13H15ClNO2+. The smallest absolute Gasteiger partial charge is 0.413 e. The lowest BCUT2D eigenvalue weighted by Gasteiger charge is -2.24. The molecular weight excluding hydrogens is 238 g/mol. The molecule has 0 fully saturated rings. The highest BCUT2D eigenvalue weighted by Crippen LogP contribution is 2.39. The molecule has 1 aliphatic rings. The van der Waals surface area contributed by atoms with E-state index in [1.54, 1.807) is 6.20 Å². The van der Waals surface area contributed by atoms with E-state index in [0.717, 1.165) is 11.3 Å². The third kappa shape index (κ3) is 2.21. The lowest BCUT2D eigenvalue weighted by molar-refractivity contribution is 0.0451. The summed E-state index contributed by atoms with van der Waals surface area (Å²) >= 11 is 6.33. The van der Waals surface area contributed by atoms with Gasteiger partial charge in [0.15, 0.2) is 17.5 Å². The van der Waals surface area contributed by atoms with E-state index in [1.807, 2.05) is 51.1 Å². The van der Waals surface area contributed by atoms with Crippen LogP contribution < -0.4 is 4.00 Å². The summed E-state index contributed by atoms with van der Waals surface area (Å²) in [5.41, 5.74) is 1.11. The molecule has 1 atom stereocenters. The molecule has 4 heteroatoms. The Morgan fingerprint density at radius 1 is 1.29 bits per heavy atom. The molecule has 1 aromatic rings. The first-order valence-corrected chi connectivity index (χ1v) is 5.77. The Morgan fingerprint density at radius 2 is 1.94 bits per heavy atom. The fraction of sp³-hybridized carbons (Fsp3) is 0.308. The van der Waals surface area contributed by atoms with Crippen molar-refractivity contribution in [3.63, 3.8) is 0 Å². The molecule has 0 aromatic heterocycles. The minimum absolute atomic E-state index is 0.451. The summed E-state index contributed by atoms with van der Waals surface area (Å²) in [6.45, 7) is 5.46. The first kappa shape index (κ1) is 12.1. The first-order valence-electron chi connectivity index (χ1n) is 5.44. The molecule has 0 N–H and O–H groups in total. The minimum atomic E-state index is -0.553. The summed E-state index contributed by atoms with van der Waals surface area (Å²) in [7, 11) is 0. The lowest BCUT2D eigenvalue weighted by Crippen LogP contribution is -2.42. The molecule has 1 unspecified atom stereocenters. The quantitative estimate of drug-likeness (QED) is 0.651. The number of quaternary nitrogens is 1. The number of hydrogen-bond donors (Lipinski definition) is 0. The average Bonchev–Trinajstić information content (AvgIpc) is 2.56. The van der Waals surface area contributed by atoms with Crippen molar-refractivity contribution in [3.8, 4) is 0 Å². The zero-order chi connectivity index (χ0) is 12.7. The van der Waals surface area contributed by atoms with Crippen LogP contribution in [0.5, 0.6) is 0 Å². The number of halogens is 1. The second-order valence-electron chi connectivity index (χ2n) is 4.99. The maximum absolute atomic E-state index is 12.1. The van der Waals surface area contributed by atoms with Crippen molar-refractivity contribution < 1.29 is 9.53 Å². The van der Waals surface area contributed by atoms with Gasteiger partial charge in [0.2, 0.25) is 0 Å². The van der Waals surface area contributed by atoms with Gasteiger partial charge in [-0.2, -0.15) is 4.79 Å². The Kier molecular flexibility index (Phi) is 2.76. The van der Waals surface area contributed by atoms with E-state index in [-0.39, 0.29) is 0 Å². The molecule has 0 bridgehead atoms. The Bertz CT molecular complexity index is 490. The monoisotopic (exact) mass is 252 g/mol. The predicted octanol–water partition coefficient (Wildman–Crippen LogP) is 4.07. The van der Waals surface area contributed by atoms with Gasteiger partial charge in [0, 0.05) is 17.7 Å². The van der Waals surface area contributed by atoms with Crippen LogP contribution in [0, 0.1) is 0 Å². The van der Waals surface area contributed by atoms with Crippen LogP contribution in [0.25, 0.3) is 6.08 Å². The van der Waals surface area contributed by atoms with Crippen LogP contribution in [0.1, 0.15) is 26.3 Å².